The number of hydrogen-bond donors (Lipinski definition) is 1. The van der Waals surface area contributed by atoms with Gasteiger partial charge >= 0.3 is 17.9 Å². The summed E-state index contributed by atoms with van der Waals surface area (Å²) in [6.07, 6.45) is 9.31. The number of rotatable bonds is 19. The SMILES string of the molecule is C=C1CC(CC)CC(CC(=O)OCC(CO)(COC(=O)CCCCC)COC(=O)CCCCC=O)C1. The molecule has 1 aliphatic rings. The summed E-state index contributed by atoms with van der Waals surface area (Å²) in [4.78, 5) is 47.4. The molecule has 8 nitrogen and oxygen atoms in total. The van der Waals surface area contributed by atoms with Crippen LogP contribution in [0.15, 0.2) is 12.2 Å². The summed E-state index contributed by atoms with van der Waals surface area (Å²) in [6, 6.07) is 0. The lowest BCUT2D eigenvalue weighted by atomic mass is 9.76. The Morgan fingerprint density at radius 1 is 0.917 bits per heavy atom. The van der Waals surface area contributed by atoms with Crippen LogP contribution in [0.2, 0.25) is 0 Å². The topological polar surface area (TPSA) is 116 Å². The van der Waals surface area contributed by atoms with Gasteiger partial charge in [0, 0.05) is 25.7 Å². The maximum atomic E-state index is 12.7. The minimum absolute atomic E-state index is 0.135. The fourth-order valence-corrected chi connectivity index (χ4v) is 4.42. The van der Waals surface area contributed by atoms with E-state index in [1.54, 1.807) is 0 Å². The quantitative estimate of drug-likeness (QED) is 0.0873. The van der Waals surface area contributed by atoms with Crippen molar-refractivity contribution >= 4 is 24.2 Å². The number of hydrogen-bond acceptors (Lipinski definition) is 8. The van der Waals surface area contributed by atoms with Gasteiger partial charge in [0.15, 0.2) is 0 Å². The summed E-state index contributed by atoms with van der Waals surface area (Å²) in [6.45, 7) is 7.10. The van der Waals surface area contributed by atoms with Crippen molar-refractivity contribution in [3.05, 3.63) is 12.2 Å². The van der Waals surface area contributed by atoms with E-state index in [4.69, 9.17) is 14.2 Å². The second-order valence-electron chi connectivity index (χ2n) is 10.2. The lowest BCUT2D eigenvalue weighted by Gasteiger charge is -2.32. The smallest absolute Gasteiger partial charge is 0.306 e. The van der Waals surface area contributed by atoms with E-state index in [2.05, 4.69) is 13.5 Å². The van der Waals surface area contributed by atoms with Gasteiger partial charge in [-0.1, -0.05) is 45.3 Å². The van der Waals surface area contributed by atoms with Crippen molar-refractivity contribution in [3.8, 4) is 0 Å². The molecule has 1 fully saturated rings. The molecule has 1 saturated carbocycles. The summed E-state index contributed by atoms with van der Waals surface area (Å²) in [7, 11) is 0. The average molecular weight is 511 g/mol. The number of carbonyl (C=O) groups is 4. The third-order valence-corrected chi connectivity index (χ3v) is 6.74. The molecular formula is C28H46O8. The van der Waals surface area contributed by atoms with Crippen molar-refractivity contribution in [1.82, 2.24) is 0 Å². The normalized spacial score (nSPS) is 19.2. The number of esters is 3. The van der Waals surface area contributed by atoms with Crippen molar-refractivity contribution < 1.29 is 38.5 Å². The van der Waals surface area contributed by atoms with Gasteiger partial charge in [-0.15, -0.1) is 0 Å². The largest absolute Gasteiger partial charge is 0.465 e. The molecule has 3 atom stereocenters. The van der Waals surface area contributed by atoms with Crippen molar-refractivity contribution in [3.63, 3.8) is 0 Å². The number of unbranched alkanes of at least 4 members (excludes halogenated alkanes) is 4. The molecule has 0 heterocycles. The molecule has 1 rings (SSSR count). The van der Waals surface area contributed by atoms with E-state index in [0.29, 0.717) is 31.6 Å². The first-order valence-electron chi connectivity index (χ1n) is 13.5. The van der Waals surface area contributed by atoms with Gasteiger partial charge < -0.3 is 24.1 Å². The molecule has 0 aromatic carbocycles. The van der Waals surface area contributed by atoms with E-state index < -0.39 is 29.9 Å². The third-order valence-electron chi connectivity index (χ3n) is 6.74. The van der Waals surface area contributed by atoms with E-state index in [1.165, 1.54) is 0 Å². The van der Waals surface area contributed by atoms with Crippen molar-refractivity contribution in [2.45, 2.75) is 97.3 Å². The van der Waals surface area contributed by atoms with E-state index in [0.717, 1.165) is 50.4 Å². The number of aldehydes is 1. The molecule has 0 amide bonds. The third kappa shape index (κ3) is 13.2. The van der Waals surface area contributed by atoms with Gasteiger partial charge in [0.25, 0.3) is 0 Å². The number of aliphatic hydroxyl groups excluding tert-OH is 1. The minimum Gasteiger partial charge on any atom is -0.465 e. The van der Waals surface area contributed by atoms with Gasteiger partial charge in [0.05, 0.1) is 12.0 Å². The molecule has 1 N–H and O–H groups in total. The van der Waals surface area contributed by atoms with Crippen molar-refractivity contribution in [1.29, 1.82) is 0 Å². The summed E-state index contributed by atoms with van der Waals surface area (Å²) in [5.41, 5.74) is -0.0814. The molecule has 206 valence electrons. The Bertz CT molecular complexity index is 704. The Morgan fingerprint density at radius 3 is 2.00 bits per heavy atom. The fourth-order valence-electron chi connectivity index (χ4n) is 4.42. The highest BCUT2D eigenvalue weighted by molar-refractivity contribution is 5.70. The van der Waals surface area contributed by atoms with Crippen LogP contribution in [0, 0.1) is 17.3 Å². The first-order chi connectivity index (χ1) is 17.3. The molecule has 0 bridgehead atoms. The zero-order valence-electron chi connectivity index (χ0n) is 22.3. The van der Waals surface area contributed by atoms with E-state index in [9.17, 15) is 24.3 Å². The highest BCUT2D eigenvalue weighted by atomic mass is 16.6. The Kier molecular flexibility index (Phi) is 16.0. The van der Waals surface area contributed by atoms with Gasteiger partial charge in [-0.2, -0.15) is 0 Å². The van der Waals surface area contributed by atoms with Crippen LogP contribution < -0.4 is 0 Å². The van der Waals surface area contributed by atoms with Crippen LogP contribution in [-0.2, 0) is 33.4 Å². The zero-order chi connectivity index (χ0) is 26.8. The molecule has 8 heteroatoms. The lowest BCUT2D eigenvalue weighted by molar-refractivity contribution is -0.165. The summed E-state index contributed by atoms with van der Waals surface area (Å²) in [5.74, 6) is -0.576. The molecule has 36 heavy (non-hydrogen) atoms. The predicted octanol–water partition coefficient (Wildman–Crippen LogP) is 4.71. The first-order valence-corrected chi connectivity index (χ1v) is 13.5. The van der Waals surface area contributed by atoms with Gasteiger partial charge in [0.2, 0.25) is 0 Å². The number of aliphatic hydroxyl groups is 1. The number of carbonyl (C=O) groups excluding carboxylic acids is 4. The number of allylic oxidation sites excluding steroid dienone is 1. The maximum absolute atomic E-state index is 12.7. The van der Waals surface area contributed by atoms with Crippen LogP contribution in [-0.4, -0.2) is 55.7 Å². The van der Waals surface area contributed by atoms with Crippen LogP contribution in [0.4, 0.5) is 0 Å². The first kappa shape index (κ1) is 31.8. The Labute approximate surface area is 216 Å². The highest BCUT2D eigenvalue weighted by Gasteiger charge is 2.36. The molecule has 0 saturated heterocycles. The van der Waals surface area contributed by atoms with Crippen LogP contribution in [0.5, 0.6) is 0 Å². The fraction of sp³-hybridized carbons (Fsp3) is 0.786. The van der Waals surface area contributed by atoms with E-state index in [1.807, 2.05) is 6.92 Å². The van der Waals surface area contributed by atoms with E-state index >= 15 is 0 Å². The summed E-state index contributed by atoms with van der Waals surface area (Å²) in [5, 5.41) is 10.2. The van der Waals surface area contributed by atoms with Crippen molar-refractivity contribution in [2.75, 3.05) is 26.4 Å². The number of ether oxygens (including phenoxy) is 3. The zero-order valence-corrected chi connectivity index (χ0v) is 22.3. The van der Waals surface area contributed by atoms with Gasteiger partial charge in [0.1, 0.15) is 26.1 Å². The molecule has 0 aromatic heterocycles. The highest BCUT2D eigenvalue weighted by Crippen LogP contribution is 2.35. The van der Waals surface area contributed by atoms with Crippen LogP contribution >= 0.6 is 0 Å². The molecular weight excluding hydrogens is 464 g/mol. The molecule has 0 aliphatic heterocycles. The minimum atomic E-state index is -1.24. The van der Waals surface area contributed by atoms with Gasteiger partial charge in [-0.05, 0) is 50.4 Å². The molecule has 0 radical (unpaired) electrons. The van der Waals surface area contributed by atoms with Gasteiger partial charge in [-0.3, -0.25) is 14.4 Å². The molecule has 3 unspecified atom stereocenters. The average Bonchev–Trinajstić information content (AvgIpc) is 2.86. The van der Waals surface area contributed by atoms with Crippen molar-refractivity contribution in [2.24, 2.45) is 17.3 Å². The Hall–Kier alpha value is -2.22. The standard InChI is InChI=1S/C28H46O8/c1-4-6-8-11-25(31)34-19-28(18-30,20-35-26(32)12-9-7-10-13-29)21-36-27(33)17-24-15-22(3)14-23(5-2)16-24/h13,23-24,30H,3-12,14-21H2,1-2H3. The molecule has 1 aliphatic carbocycles. The second-order valence-corrected chi connectivity index (χ2v) is 10.2. The Morgan fingerprint density at radius 2 is 1.47 bits per heavy atom. The van der Waals surface area contributed by atoms with Crippen LogP contribution in [0.25, 0.3) is 0 Å². The maximum Gasteiger partial charge on any atom is 0.306 e. The lowest BCUT2D eigenvalue weighted by Crippen LogP contribution is -2.42. The monoisotopic (exact) mass is 510 g/mol. The summed E-state index contributed by atoms with van der Waals surface area (Å²) >= 11 is 0. The van der Waals surface area contributed by atoms with Crippen LogP contribution in [0.3, 0.4) is 0 Å². The molecule has 0 aromatic rings. The predicted molar refractivity (Wildman–Crippen MR) is 136 cm³/mol. The summed E-state index contributed by atoms with van der Waals surface area (Å²) < 4.78 is 16.3. The second kappa shape index (κ2) is 18.1. The molecule has 0 spiro atoms. The van der Waals surface area contributed by atoms with E-state index in [-0.39, 0.29) is 45.0 Å². The Balaban J connectivity index is 2.71. The van der Waals surface area contributed by atoms with Gasteiger partial charge in [-0.25, -0.2) is 0 Å². The van der Waals surface area contributed by atoms with Crippen LogP contribution in [0.1, 0.15) is 97.3 Å².